The van der Waals surface area contributed by atoms with Crippen molar-refractivity contribution >= 4 is 5.97 Å². The van der Waals surface area contributed by atoms with E-state index in [2.05, 4.69) is 5.32 Å². The van der Waals surface area contributed by atoms with E-state index in [1.54, 1.807) is 6.92 Å². The fourth-order valence-electron chi connectivity index (χ4n) is 1.16. The second-order valence-electron chi connectivity index (χ2n) is 3.26. The second kappa shape index (κ2) is 5.92. The number of hydrogen-bond acceptors (Lipinski definition) is 3. The van der Waals surface area contributed by atoms with Gasteiger partial charge in [0.25, 0.3) is 0 Å². The van der Waals surface area contributed by atoms with Gasteiger partial charge in [0.05, 0.1) is 6.54 Å². The number of nitrogens with zero attached hydrogens (tertiary/aromatic N) is 1. The first-order valence-corrected chi connectivity index (χ1v) is 4.47. The Kier molecular flexibility index (Phi) is 5.59. The van der Waals surface area contributed by atoms with E-state index >= 15 is 0 Å². The van der Waals surface area contributed by atoms with Crippen LogP contribution in [0.2, 0.25) is 0 Å². The Hall–Kier alpha value is -0.820. The molecule has 0 spiro atoms. The zero-order valence-corrected chi connectivity index (χ0v) is 8.64. The van der Waals surface area contributed by atoms with Crippen molar-refractivity contribution in [3.63, 3.8) is 0 Å². The van der Waals surface area contributed by atoms with Crippen molar-refractivity contribution < 1.29 is 23.1 Å². The van der Waals surface area contributed by atoms with Gasteiger partial charge >= 0.3 is 12.1 Å². The van der Waals surface area contributed by atoms with Crippen molar-refractivity contribution in [1.82, 2.24) is 10.2 Å². The number of rotatable bonds is 6. The van der Waals surface area contributed by atoms with Gasteiger partial charge in [0.2, 0.25) is 0 Å². The number of likely N-dealkylation sites (N-methyl/N-ethyl adjacent to an activating group) is 2. The smallest absolute Gasteiger partial charge is 0.401 e. The number of carboxylic acids is 1. The van der Waals surface area contributed by atoms with E-state index in [-0.39, 0.29) is 6.54 Å². The van der Waals surface area contributed by atoms with Crippen LogP contribution in [0.4, 0.5) is 13.2 Å². The quantitative estimate of drug-likeness (QED) is 0.696. The molecular weight excluding hydrogens is 213 g/mol. The number of alkyl halides is 3. The molecule has 2 N–H and O–H groups in total. The average Bonchev–Trinajstić information content (AvgIpc) is 1.99. The maximum absolute atomic E-state index is 11.9. The first kappa shape index (κ1) is 14.2. The highest BCUT2D eigenvalue weighted by atomic mass is 19.4. The second-order valence-corrected chi connectivity index (χ2v) is 3.26. The zero-order chi connectivity index (χ0) is 12.1. The Bertz CT molecular complexity index is 209. The van der Waals surface area contributed by atoms with E-state index in [1.807, 2.05) is 0 Å². The van der Waals surface area contributed by atoms with Gasteiger partial charge < -0.3 is 10.4 Å². The summed E-state index contributed by atoms with van der Waals surface area (Å²) in [7, 11) is 1.24. The number of carbonyl (C=O) groups is 1. The van der Waals surface area contributed by atoms with Gasteiger partial charge in [-0.1, -0.05) is 6.92 Å². The molecule has 0 saturated carbocycles. The zero-order valence-electron chi connectivity index (χ0n) is 8.64. The lowest BCUT2D eigenvalue weighted by molar-refractivity contribution is -0.149. The minimum atomic E-state index is -4.30. The predicted molar refractivity (Wildman–Crippen MR) is 48.7 cm³/mol. The van der Waals surface area contributed by atoms with E-state index < -0.39 is 24.7 Å². The Labute approximate surface area is 86.1 Å². The summed E-state index contributed by atoms with van der Waals surface area (Å²) < 4.78 is 35.8. The molecule has 7 heteroatoms. The fraction of sp³-hybridized carbons (Fsp3) is 0.875. The molecule has 0 bridgehead atoms. The molecule has 4 nitrogen and oxygen atoms in total. The molecule has 0 aromatic carbocycles. The van der Waals surface area contributed by atoms with Gasteiger partial charge in [-0.25, -0.2) is 0 Å². The first-order chi connectivity index (χ1) is 6.76. The first-order valence-electron chi connectivity index (χ1n) is 4.47. The molecule has 0 radical (unpaired) electrons. The molecule has 0 amide bonds. The maximum Gasteiger partial charge on any atom is 0.401 e. The van der Waals surface area contributed by atoms with Crippen molar-refractivity contribution in [1.29, 1.82) is 0 Å². The Morgan fingerprint density at radius 1 is 1.53 bits per heavy atom. The summed E-state index contributed by atoms with van der Waals surface area (Å²) in [4.78, 5) is 11.6. The van der Waals surface area contributed by atoms with Crippen molar-refractivity contribution in [2.75, 3.05) is 26.7 Å². The lowest BCUT2D eigenvalue weighted by Gasteiger charge is -2.22. The fourth-order valence-corrected chi connectivity index (χ4v) is 1.16. The minimum absolute atomic E-state index is 0.178. The van der Waals surface area contributed by atoms with Crippen LogP contribution in [0.25, 0.3) is 0 Å². The summed E-state index contributed by atoms with van der Waals surface area (Å²) in [5.41, 5.74) is 0. The van der Waals surface area contributed by atoms with E-state index in [1.165, 1.54) is 7.05 Å². The maximum atomic E-state index is 11.9. The van der Waals surface area contributed by atoms with Crippen LogP contribution in [0.3, 0.4) is 0 Å². The Morgan fingerprint density at radius 2 is 2.07 bits per heavy atom. The van der Waals surface area contributed by atoms with Crippen LogP contribution in [0.15, 0.2) is 0 Å². The van der Waals surface area contributed by atoms with Crippen molar-refractivity contribution in [2.45, 2.75) is 19.1 Å². The highest BCUT2D eigenvalue weighted by Crippen LogP contribution is 2.15. The normalized spacial score (nSPS) is 14.3. The van der Waals surface area contributed by atoms with Gasteiger partial charge in [0.15, 0.2) is 0 Å². The summed E-state index contributed by atoms with van der Waals surface area (Å²) in [5, 5.41) is 11.3. The third kappa shape index (κ3) is 7.15. The van der Waals surface area contributed by atoms with Gasteiger partial charge in [-0.15, -0.1) is 0 Å². The van der Waals surface area contributed by atoms with Crippen LogP contribution >= 0.6 is 0 Å². The van der Waals surface area contributed by atoms with E-state index in [0.29, 0.717) is 6.54 Å². The van der Waals surface area contributed by atoms with Crippen LogP contribution < -0.4 is 5.32 Å². The molecule has 0 saturated heterocycles. The lowest BCUT2D eigenvalue weighted by atomic mass is 10.2. The van der Waals surface area contributed by atoms with Gasteiger partial charge in [0.1, 0.15) is 6.04 Å². The predicted octanol–water partition coefficient (Wildman–Crippen LogP) is 0.543. The highest BCUT2D eigenvalue weighted by molar-refractivity contribution is 5.73. The molecule has 0 rings (SSSR count). The topological polar surface area (TPSA) is 52.6 Å². The summed E-state index contributed by atoms with van der Waals surface area (Å²) in [6.07, 6.45) is -4.30. The number of nitrogens with one attached hydrogen (secondary N) is 1. The number of halogens is 3. The van der Waals surface area contributed by atoms with Crippen LogP contribution in [0, 0.1) is 0 Å². The molecule has 1 atom stereocenters. The summed E-state index contributed by atoms with van der Waals surface area (Å²) in [5.74, 6) is -1.15. The van der Waals surface area contributed by atoms with E-state index in [0.717, 1.165) is 4.90 Å². The highest BCUT2D eigenvalue weighted by Gasteiger charge is 2.30. The largest absolute Gasteiger partial charge is 0.480 e. The number of carboxylic acid groups (broad SMARTS) is 1. The van der Waals surface area contributed by atoms with Crippen LogP contribution in [0.1, 0.15) is 6.92 Å². The molecule has 90 valence electrons. The average molecular weight is 228 g/mol. The monoisotopic (exact) mass is 228 g/mol. The minimum Gasteiger partial charge on any atom is -0.480 e. The standard InChI is InChI=1S/C8H15F3N2O2/c1-3-12-6(7(14)15)4-13(2)5-8(9,10)11/h6,12H,3-5H2,1-2H3,(H,14,15). The molecule has 0 aliphatic carbocycles. The Morgan fingerprint density at radius 3 is 2.40 bits per heavy atom. The molecule has 1 unspecified atom stereocenters. The molecule has 0 aliphatic rings. The van der Waals surface area contributed by atoms with Gasteiger partial charge in [-0.3, -0.25) is 9.69 Å². The van der Waals surface area contributed by atoms with Crippen molar-refractivity contribution in [3.8, 4) is 0 Å². The van der Waals surface area contributed by atoms with Crippen molar-refractivity contribution in [3.05, 3.63) is 0 Å². The number of hydrogen-bond donors (Lipinski definition) is 2. The van der Waals surface area contributed by atoms with E-state index in [4.69, 9.17) is 5.11 Å². The molecule has 0 aromatic rings. The van der Waals surface area contributed by atoms with Crippen molar-refractivity contribution in [2.24, 2.45) is 0 Å². The van der Waals surface area contributed by atoms with Crippen LogP contribution in [-0.2, 0) is 4.79 Å². The third-order valence-corrected chi connectivity index (χ3v) is 1.69. The van der Waals surface area contributed by atoms with Gasteiger partial charge in [0, 0.05) is 6.54 Å². The molecular formula is C8H15F3N2O2. The van der Waals surface area contributed by atoms with Crippen LogP contribution in [-0.4, -0.2) is 54.9 Å². The SMILES string of the molecule is CCNC(CN(C)CC(F)(F)F)C(=O)O. The van der Waals surface area contributed by atoms with Gasteiger partial charge in [-0.2, -0.15) is 13.2 Å². The number of aliphatic carboxylic acids is 1. The van der Waals surface area contributed by atoms with E-state index in [9.17, 15) is 18.0 Å². The molecule has 0 aliphatic heterocycles. The lowest BCUT2D eigenvalue weighted by Crippen LogP contribution is -2.47. The Balaban J connectivity index is 4.11. The van der Waals surface area contributed by atoms with Crippen LogP contribution in [0.5, 0.6) is 0 Å². The summed E-state index contributed by atoms with van der Waals surface area (Å²) in [6, 6.07) is -0.970. The van der Waals surface area contributed by atoms with Gasteiger partial charge in [-0.05, 0) is 13.6 Å². The molecule has 0 aromatic heterocycles. The summed E-state index contributed by atoms with van der Waals surface area (Å²) >= 11 is 0. The third-order valence-electron chi connectivity index (χ3n) is 1.69. The molecule has 0 heterocycles. The molecule has 15 heavy (non-hydrogen) atoms. The molecule has 0 fully saturated rings. The summed E-state index contributed by atoms with van der Waals surface area (Å²) in [6.45, 7) is 0.807.